The van der Waals surface area contributed by atoms with Gasteiger partial charge in [0.2, 0.25) is 11.8 Å². The van der Waals surface area contributed by atoms with Crippen molar-refractivity contribution in [1.29, 1.82) is 0 Å². The third kappa shape index (κ3) is 6.32. The molecule has 5 aliphatic rings. The van der Waals surface area contributed by atoms with Crippen molar-refractivity contribution in [2.75, 3.05) is 56.4 Å². The van der Waals surface area contributed by atoms with E-state index in [0.29, 0.717) is 24.1 Å². The van der Waals surface area contributed by atoms with Crippen molar-refractivity contribution in [3.8, 4) is 22.8 Å². The highest BCUT2D eigenvalue weighted by Crippen LogP contribution is 2.38. The molecule has 0 radical (unpaired) electrons. The van der Waals surface area contributed by atoms with Crippen LogP contribution in [0.25, 0.3) is 22.3 Å². The van der Waals surface area contributed by atoms with Gasteiger partial charge in [0, 0.05) is 56.4 Å². The number of hydrogen-bond acceptors (Lipinski definition) is 12. The van der Waals surface area contributed by atoms with Crippen LogP contribution in [0, 0.1) is 0 Å². The van der Waals surface area contributed by atoms with Crippen molar-refractivity contribution in [3.63, 3.8) is 0 Å². The summed E-state index contributed by atoms with van der Waals surface area (Å²) in [5.74, 6) is -0.334. The number of anilines is 2. The van der Waals surface area contributed by atoms with Gasteiger partial charge in [-0.1, -0.05) is 18.2 Å². The van der Waals surface area contributed by atoms with Crippen LogP contribution in [0.5, 0.6) is 11.5 Å². The summed E-state index contributed by atoms with van der Waals surface area (Å²) in [5, 5.41) is 8.02. The number of rotatable bonds is 9. The van der Waals surface area contributed by atoms with E-state index in [1.807, 2.05) is 64.2 Å². The van der Waals surface area contributed by atoms with Gasteiger partial charge in [-0.25, -0.2) is 19.0 Å². The van der Waals surface area contributed by atoms with Crippen molar-refractivity contribution < 1.29 is 28.3 Å². The highest BCUT2D eigenvalue weighted by Gasteiger charge is 2.49. The number of fused-ring (bicyclic) bond motifs is 2. The Morgan fingerprint density at radius 2 is 1.57 bits per heavy atom. The minimum atomic E-state index is -1.40. The number of aromatic nitrogens is 4. The van der Waals surface area contributed by atoms with Crippen molar-refractivity contribution in [2.45, 2.75) is 49.5 Å². The summed E-state index contributed by atoms with van der Waals surface area (Å²) in [6, 6.07) is 21.8. The molecule has 1 atom stereocenters. The van der Waals surface area contributed by atoms with Crippen molar-refractivity contribution in [3.05, 3.63) is 90.3 Å². The number of halogens is 1. The molecule has 2 aromatic heterocycles. The number of nitrogens with zero attached hydrogens (tertiary/aromatic N) is 8. The topological polar surface area (TPSA) is 172 Å². The van der Waals surface area contributed by atoms with E-state index >= 15 is 4.39 Å². The molecule has 0 aliphatic carbocycles. The van der Waals surface area contributed by atoms with E-state index in [0.717, 1.165) is 77.7 Å². The van der Waals surface area contributed by atoms with Gasteiger partial charge in [-0.15, -0.1) is 0 Å². The number of alkyl halides is 1. The fourth-order valence-electron chi connectivity index (χ4n) is 9.13. The Kier molecular flexibility index (Phi) is 8.71. The zero-order valence-corrected chi connectivity index (χ0v) is 31.6. The Bertz CT molecular complexity index is 2460. The smallest absolute Gasteiger partial charge is 0.262 e. The Morgan fingerprint density at radius 1 is 0.845 bits per heavy atom. The highest BCUT2D eigenvalue weighted by molar-refractivity contribution is 6.23. The fraction of sp³-hybridized carbons (Fsp3) is 0.357. The summed E-state index contributed by atoms with van der Waals surface area (Å²) < 4.78 is 24.0. The summed E-state index contributed by atoms with van der Waals surface area (Å²) in [6.07, 6.45) is 3.42. The molecule has 0 bridgehead atoms. The van der Waals surface area contributed by atoms with Crippen molar-refractivity contribution >= 4 is 46.2 Å². The maximum Gasteiger partial charge on any atom is 0.262 e. The molecule has 4 fully saturated rings. The molecule has 0 saturated carbocycles. The summed E-state index contributed by atoms with van der Waals surface area (Å²) >= 11 is 0. The lowest BCUT2D eigenvalue weighted by Crippen LogP contribution is -2.69. The average Bonchev–Trinajstić information content (AvgIpc) is 3.71. The van der Waals surface area contributed by atoms with Crippen LogP contribution in [-0.4, -0.2) is 122 Å². The maximum atomic E-state index is 16.0. The molecule has 3 N–H and O–H groups in total. The van der Waals surface area contributed by atoms with Gasteiger partial charge in [0.25, 0.3) is 11.8 Å². The number of nitrogen functional groups attached to an aromatic ring is 1. The molecule has 4 amide bonds. The largest absolute Gasteiger partial charge is 0.457 e. The molecule has 5 aliphatic heterocycles. The van der Waals surface area contributed by atoms with Gasteiger partial charge in [-0.3, -0.25) is 39.2 Å². The standard InChI is InChI=1S/C42H41FN10O5/c43-42(22-51(23-42)27-8-11-31-32(18-27)41(57)52(40(31)56)33-12-13-34(54)47-39(33)55)21-49-19-28(20-49)50-16-14-26(15-17-50)53-38-35(37(44)45-24-46-38)36(48-53)25-6-9-30(10-7-25)58-29-4-2-1-3-5-29/h1-11,18,24,26,28,33H,12-17,19-23H2,(H2,44,45,46)(H,47,54,55). The number of amides is 4. The summed E-state index contributed by atoms with van der Waals surface area (Å²) in [7, 11) is 0. The molecule has 4 saturated heterocycles. The lowest BCUT2D eigenvalue weighted by Gasteiger charge is -2.53. The number of imide groups is 2. The number of para-hydroxylation sites is 1. The van der Waals surface area contributed by atoms with Crippen molar-refractivity contribution in [2.24, 2.45) is 0 Å². The van der Waals surface area contributed by atoms with E-state index in [1.165, 1.54) is 6.33 Å². The predicted octanol–water partition coefficient (Wildman–Crippen LogP) is 3.82. The van der Waals surface area contributed by atoms with Crippen molar-refractivity contribution in [1.82, 2.24) is 39.8 Å². The second-order valence-electron chi connectivity index (χ2n) is 16.0. The molecule has 10 rings (SSSR count). The molecular formula is C42H41FN10O5. The number of ether oxygens (including phenoxy) is 1. The van der Waals surface area contributed by atoms with Gasteiger partial charge in [0.15, 0.2) is 11.3 Å². The first kappa shape index (κ1) is 36.1. The van der Waals surface area contributed by atoms with Gasteiger partial charge in [0.05, 0.1) is 35.6 Å². The Hall–Kier alpha value is -6.26. The van der Waals surface area contributed by atoms with Gasteiger partial charge in [0.1, 0.15) is 35.4 Å². The molecule has 16 heteroatoms. The lowest BCUT2D eigenvalue weighted by atomic mass is 9.91. The molecule has 3 aromatic carbocycles. The molecule has 296 valence electrons. The van der Waals surface area contributed by atoms with E-state index in [-0.39, 0.29) is 43.1 Å². The SMILES string of the molecule is Nc1ncnc2c1c(-c1ccc(Oc3ccccc3)cc1)nn2C1CCN(C2CN(CC3(F)CN(c4ccc5c(c4)C(=O)N(C4CCC(=O)NC4=O)C5=O)C3)C2)CC1. The van der Waals surface area contributed by atoms with E-state index in [1.54, 1.807) is 18.2 Å². The van der Waals surface area contributed by atoms with Gasteiger partial charge >= 0.3 is 0 Å². The number of piperidine rings is 2. The molecule has 5 aromatic rings. The van der Waals surface area contributed by atoms with Crippen LogP contribution in [0.15, 0.2) is 79.1 Å². The monoisotopic (exact) mass is 784 g/mol. The second-order valence-corrected chi connectivity index (χ2v) is 16.0. The van der Waals surface area contributed by atoms with Crippen LogP contribution in [0.3, 0.4) is 0 Å². The Morgan fingerprint density at radius 3 is 2.31 bits per heavy atom. The minimum absolute atomic E-state index is 0.0543. The zero-order valence-electron chi connectivity index (χ0n) is 31.6. The molecule has 7 heterocycles. The number of carbonyl (C=O) groups is 4. The average molecular weight is 785 g/mol. The normalized spacial score (nSPS) is 21.6. The number of nitrogens with two attached hydrogens (primary N) is 1. The molecular weight excluding hydrogens is 744 g/mol. The first-order valence-electron chi connectivity index (χ1n) is 19.7. The molecule has 1 unspecified atom stereocenters. The number of carbonyl (C=O) groups excluding carboxylic acids is 4. The zero-order chi connectivity index (χ0) is 39.7. The van der Waals surface area contributed by atoms with Gasteiger partial charge < -0.3 is 15.4 Å². The van der Waals surface area contributed by atoms with Crippen LogP contribution in [0.2, 0.25) is 0 Å². The van der Waals surface area contributed by atoms with Crippen LogP contribution >= 0.6 is 0 Å². The van der Waals surface area contributed by atoms with Gasteiger partial charge in [-0.05, 0) is 73.9 Å². The summed E-state index contributed by atoms with van der Waals surface area (Å²) in [4.78, 5) is 66.8. The van der Waals surface area contributed by atoms with Crippen LogP contribution in [0.4, 0.5) is 15.9 Å². The first-order chi connectivity index (χ1) is 28.1. The van der Waals surface area contributed by atoms with E-state index in [9.17, 15) is 19.2 Å². The summed E-state index contributed by atoms with van der Waals surface area (Å²) in [6.45, 7) is 4.05. The number of nitrogens with one attached hydrogen (secondary N) is 1. The Labute approximate surface area is 332 Å². The third-order valence-electron chi connectivity index (χ3n) is 12.2. The molecule has 15 nitrogen and oxygen atoms in total. The highest BCUT2D eigenvalue weighted by atomic mass is 19.1. The number of likely N-dealkylation sites (tertiary alicyclic amines) is 2. The summed E-state index contributed by atoms with van der Waals surface area (Å²) in [5.41, 5.74) is 8.43. The third-order valence-corrected chi connectivity index (χ3v) is 12.2. The molecule has 0 spiro atoms. The van der Waals surface area contributed by atoms with E-state index < -0.39 is 35.3 Å². The maximum absolute atomic E-state index is 16.0. The fourth-order valence-corrected chi connectivity index (χ4v) is 9.13. The number of benzene rings is 3. The minimum Gasteiger partial charge on any atom is -0.457 e. The van der Waals surface area contributed by atoms with Crippen LogP contribution in [0.1, 0.15) is 52.4 Å². The molecule has 58 heavy (non-hydrogen) atoms. The lowest BCUT2D eigenvalue weighted by molar-refractivity contribution is -0.136. The predicted molar refractivity (Wildman–Crippen MR) is 211 cm³/mol. The number of hydrogen-bond donors (Lipinski definition) is 2. The first-order valence-corrected chi connectivity index (χ1v) is 19.7. The van der Waals surface area contributed by atoms with E-state index in [2.05, 4.69) is 25.1 Å². The Balaban J connectivity index is 0.729. The van der Waals surface area contributed by atoms with Crippen LogP contribution in [-0.2, 0) is 9.59 Å². The quantitative estimate of drug-likeness (QED) is 0.208. The van der Waals surface area contributed by atoms with E-state index in [4.69, 9.17) is 15.6 Å². The van der Waals surface area contributed by atoms with Crippen LogP contribution < -0.4 is 20.7 Å². The van der Waals surface area contributed by atoms with Gasteiger partial charge in [-0.2, -0.15) is 5.10 Å². The second kappa shape index (κ2) is 14.0.